The standard InChI is InChI=1S/C19H28N6O/c1-14(2)8-13-25-19(21-22-23-25)17(15-6-4-3-5-7-15)24-11-9-16(10-12-24)18(20)26/h3-7,14,16-17H,8-13H2,1-2H3,(H2,20,26). The van der Waals surface area contributed by atoms with Gasteiger partial charge in [-0.25, -0.2) is 4.68 Å². The fraction of sp³-hybridized carbons (Fsp3) is 0.579. The van der Waals surface area contributed by atoms with Gasteiger partial charge in [-0.2, -0.15) is 0 Å². The van der Waals surface area contributed by atoms with Gasteiger partial charge in [0.1, 0.15) is 0 Å². The van der Waals surface area contributed by atoms with E-state index in [0.717, 1.165) is 44.7 Å². The molecule has 1 atom stereocenters. The zero-order chi connectivity index (χ0) is 18.5. The van der Waals surface area contributed by atoms with Gasteiger partial charge >= 0.3 is 0 Å². The van der Waals surface area contributed by atoms with Crippen molar-refractivity contribution in [2.24, 2.45) is 17.6 Å². The highest BCUT2D eigenvalue weighted by molar-refractivity contribution is 5.76. The molecule has 1 aromatic carbocycles. The summed E-state index contributed by atoms with van der Waals surface area (Å²) in [6, 6.07) is 10.3. The van der Waals surface area contributed by atoms with Gasteiger partial charge < -0.3 is 5.73 Å². The lowest BCUT2D eigenvalue weighted by atomic mass is 9.93. The SMILES string of the molecule is CC(C)CCn1nnnc1C(c1ccccc1)N1CCC(C(N)=O)CC1. The molecule has 2 N–H and O–H groups in total. The topological polar surface area (TPSA) is 89.9 Å². The van der Waals surface area contributed by atoms with Crippen molar-refractivity contribution in [1.29, 1.82) is 0 Å². The molecular formula is C19H28N6O. The minimum atomic E-state index is -0.192. The van der Waals surface area contributed by atoms with E-state index < -0.39 is 0 Å². The van der Waals surface area contributed by atoms with Crippen LogP contribution in [0, 0.1) is 11.8 Å². The number of primary amides is 1. The van der Waals surface area contributed by atoms with Crippen LogP contribution in [0.25, 0.3) is 0 Å². The number of likely N-dealkylation sites (tertiary alicyclic amines) is 1. The Morgan fingerprint density at radius 3 is 2.54 bits per heavy atom. The van der Waals surface area contributed by atoms with Crippen molar-refractivity contribution in [3.63, 3.8) is 0 Å². The van der Waals surface area contributed by atoms with Crippen molar-refractivity contribution in [2.45, 2.75) is 45.7 Å². The molecule has 2 aromatic rings. The fourth-order valence-electron chi connectivity index (χ4n) is 3.55. The molecule has 7 nitrogen and oxygen atoms in total. The summed E-state index contributed by atoms with van der Waals surface area (Å²) in [6.07, 6.45) is 2.60. The second-order valence-corrected chi connectivity index (χ2v) is 7.47. The van der Waals surface area contributed by atoms with Crippen LogP contribution in [0.3, 0.4) is 0 Å². The molecular weight excluding hydrogens is 328 g/mol. The van der Waals surface area contributed by atoms with E-state index in [4.69, 9.17) is 5.73 Å². The number of benzene rings is 1. The Balaban J connectivity index is 1.86. The molecule has 0 spiro atoms. The Kier molecular flexibility index (Phi) is 5.98. The summed E-state index contributed by atoms with van der Waals surface area (Å²) in [4.78, 5) is 13.9. The molecule has 0 radical (unpaired) electrons. The average Bonchev–Trinajstić information content (AvgIpc) is 3.10. The van der Waals surface area contributed by atoms with E-state index in [2.05, 4.69) is 46.4 Å². The van der Waals surface area contributed by atoms with E-state index in [9.17, 15) is 4.79 Å². The Morgan fingerprint density at radius 2 is 1.92 bits per heavy atom. The first-order valence-corrected chi connectivity index (χ1v) is 9.40. The number of hydrogen-bond donors (Lipinski definition) is 1. The van der Waals surface area contributed by atoms with E-state index in [-0.39, 0.29) is 17.9 Å². The Morgan fingerprint density at radius 1 is 1.23 bits per heavy atom. The van der Waals surface area contributed by atoms with Crippen molar-refractivity contribution in [3.8, 4) is 0 Å². The minimum absolute atomic E-state index is 0.00723. The lowest BCUT2D eigenvalue weighted by Crippen LogP contribution is -2.41. The first-order chi connectivity index (χ1) is 12.6. The molecule has 1 saturated heterocycles. The molecule has 1 aromatic heterocycles. The van der Waals surface area contributed by atoms with E-state index >= 15 is 0 Å². The quantitative estimate of drug-likeness (QED) is 0.819. The van der Waals surface area contributed by atoms with Crippen LogP contribution in [-0.4, -0.2) is 44.1 Å². The van der Waals surface area contributed by atoms with Crippen LogP contribution in [0.2, 0.25) is 0 Å². The van der Waals surface area contributed by atoms with Gasteiger partial charge in [0, 0.05) is 12.5 Å². The predicted molar refractivity (Wildman–Crippen MR) is 99.0 cm³/mol. The lowest BCUT2D eigenvalue weighted by molar-refractivity contribution is -0.123. The van der Waals surface area contributed by atoms with Gasteiger partial charge in [-0.05, 0) is 54.3 Å². The second-order valence-electron chi connectivity index (χ2n) is 7.47. The second kappa shape index (κ2) is 8.40. The third kappa shape index (κ3) is 4.27. The number of nitrogens with zero attached hydrogens (tertiary/aromatic N) is 5. The fourth-order valence-corrected chi connectivity index (χ4v) is 3.55. The van der Waals surface area contributed by atoms with Gasteiger partial charge in [0.15, 0.2) is 5.82 Å². The molecule has 140 valence electrons. The summed E-state index contributed by atoms with van der Waals surface area (Å²) >= 11 is 0. The van der Waals surface area contributed by atoms with E-state index in [1.165, 1.54) is 5.56 Å². The van der Waals surface area contributed by atoms with Gasteiger partial charge in [-0.1, -0.05) is 44.2 Å². The van der Waals surface area contributed by atoms with Gasteiger partial charge in [0.2, 0.25) is 5.91 Å². The molecule has 1 aliphatic heterocycles. The van der Waals surface area contributed by atoms with Crippen molar-refractivity contribution in [3.05, 3.63) is 41.7 Å². The molecule has 2 heterocycles. The normalized spacial score (nSPS) is 17.5. The largest absolute Gasteiger partial charge is 0.369 e. The lowest BCUT2D eigenvalue weighted by Gasteiger charge is -2.36. The zero-order valence-electron chi connectivity index (χ0n) is 15.6. The number of carbonyl (C=O) groups excluding carboxylic acids is 1. The molecule has 26 heavy (non-hydrogen) atoms. The van der Waals surface area contributed by atoms with Crippen molar-refractivity contribution < 1.29 is 4.79 Å². The third-order valence-corrected chi connectivity index (χ3v) is 5.13. The van der Waals surface area contributed by atoms with E-state index in [0.29, 0.717) is 5.92 Å². The van der Waals surface area contributed by atoms with Crippen LogP contribution in [0.1, 0.15) is 50.5 Å². The van der Waals surface area contributed by atoms with E-state index in [1.807, 2.05) is 22.9 Å². The molecule has 0 aliphatic carbocycles. The maximum absolute atomic E-state index is 11.5. The summed E-state index contributed by atoms with van der Waals surface area (Å²) in [6.45, 7) is 6.83. The molecule has 1 fully saturated rings. The summed E-state index contributed by atoms with van der Waals surface area (Å²) in [7, 11) is 0. The highest BCUT2D eigenvalue weighted by Crippen LogP contribution is 2.31. The first kappa shape index (κ1) is 18.5. The van der Waals surface area contributed by atoms with Crippen LogP contribution < -0.4 is 5.73 Å². The van der Waals surface area contributed by atoms with Gasteiger partial charge in [-0.3, -0.25) is 9.69 Å². The molecule has 3 rings (SSSR count). The number of aryl methyl sites for hydroxylation is 1. The summed E-state index contributed by atoms with van der Waals surface area (Å²) in [5, 5.41) is 12.5. The Bertz CT molecular complexity index is 706. The molecule has 0 bridgehead atoms. The monoisotopic (exact) mass is 356 g/mol. The number of amides is 1. The minimum Gasteiger partial charge on any atom is -0.369 e. The van der Waals surface area contributed by atoms with Gasteiger partial charge in [-0.15, -0.1) is 5.10 Å². The molecule has 1 unspecified atom stereocenters. The van der Waals surface area contributed by atoms with Gasteiger partial charge in [0.05, 0.1) is 6.04 Å². The highest BCUT2D eigenvalue weighted by Gasteiger charge is 2.32. The summed E-state index contributed by atoms with van der Waals surface area (Å²) in [5.74, 6) is 1.24. The third-order valence-electron chi connectivity index (χ3n) is 5.13. The smallest absolute Gasteiger partial charge is 0.220 e. The average molecular weight is 356 g/mol. The zero-order valence-corrected chi connectivity index (χ0v) is 15.6. The van der Waals surface area contributed by atoms with Crippen molar-refractivity contribution >= 4 is 5.91 Å². The number of rotatable bonds is 7. The van der Waals surface area contributed by atoms with Crippen molar-refractivity contribution in [2.75, 3.05) is 13.1 Å². The Hall–Kier alpha value is -2.28. The Labute approximate surface area is 154 Å². The van der Waals surface area contributed by atoms with Crippen LogP contribution in [0.5, 0.6) is 0 Å². The van der Waals surface area contributed by atoms with Crippen LogP contribution in [-0.2, 0) is 11.3 Å². The number of hydrogen-bond acceptors (Lipinski definition) is 5. The molecule has 0 saturated carbocycles. The molecule has 7 heteroatoms. The number of carbonyl (C=O) groups is 1. The summed E-state index contributed by atoms with van der Waals surface area (Å²) in [5.41, 5.74) is 6.66. The molecule has 1 aliphatic rings. The van der Waals surface area contributed by atoms with E-state index in [1.54, 1.807) is 0 Å². The van der Waals surface area contributed by atoms with Crippen LogP contribution in [0.15, 0.2) is 30.3 Å². The maximum atomic E-state index is 11.5. The van der Waals surface area contributed by atoms with Gasteiger partial charge in [0.25, 0.3) is 0 Å². The number of nitrogens with two attached hydrogens (primary N) is 1. The number of piperidine rings is 1. The first-order valence-electron chi connectivity index (χ1n) is 9.40. The summed E-state index contributed by atoms with van der Waals surface area (Å²) < 4.78 is 1.93. The van der Waals surface area contributed by atoms with Crippen molar-refractivity contribution in [1.82, 2.24) is 25.1 Å². The maximum Gasteiger partial charge on any atom is 0.220 e. The number of tetrazole rings is 1. The highest BCUT2D eigenvalue weighted by atomic mass is 16.1. The number of aromatic nitrogens is 4. The van der Waals surface area contributed by atoms with Crippen LogP contribution >= 0.6 is 0 Å². The molecule has 1 amide bonds. The predicted octanol–water partition coefficient (Wildman–Crippen LogP) is 2.01. The van der Waals surface area contributed by atoms with Crippen LogP contribution in [0.4, 0.5) is 0 Å².